The molecule has 3 aromatic rings. The molecule has 0 amide bonds. The average molecular weight is 350 g/mol. The van der Waals surface area contributed by atoms with Crippen LogP contribution in [0.1, 0.15) is 11.1 Å². The van der Waals surface area contributed by atoms with Crippen molar-refractivity contribution in [2.45, 2.75) is 6.92 Å². The van der Waals surface area contributed by atoms with Gasteiger partial charge < -0.3 is 0 Å². The summed E-state index contributed by atoms with van der Waals surface area (Å²) in [4.78, 5) is 4.14. The smallest absolute Gasteiger partial charge is 0.255 e. The van der Waals surface area contributed by atoms with Crippen LogP contribution in [0.4, 0.5) is 5.69 Å². The predicted molar refractivity (Wildman–Crippen MR) is 102 cm³/mol. The maximum absolute atomic E-state index is 12.2. The Bertz CT molecular complexity index is 980. The summed E-state index contributed by atoms with van der Waals surface area (Å²) in [6.07, 6.45) is 5.12. The monoisotopic (exact) mass is 350 g/mol. The van der Waals surface area contributed by atoms with Crippen molar-refractivity contribution < 1.29 is 8.42 Å². The van der Waals surface area contributed by atoms with Gasteiger partial charge in [0.1, 0.15) is 0 Å². The molecule has 0 fully saturated rings. The third-order valence-corrected chi connectivity index (χ3v) is 4.75. The van der Waals surface area contributed by atoms with Gasteiger partial charge in [-0.25, -0.2) is 8.42 Å². The Kier molecular flexibility index (Phi) is 4.95. The number of rotatable bonds is 5. The van der Waals surface area contributed by atoms with E-state index in [9.17, 15) is 8.42 Å². The summed E-state index contributed by atoms with van der Waals surface area (Å²) in [6.45, 7) is 2.02. The zero-order valence-corrected chi connectivity index (χ0v) is 14.6. The topological polar surface area (TPSA) is 59.1 Å². The molecule has 126 valence electrons. The molecule has 0 spiro atoms. The summed E-state index contributed by atoms with van der Waals surface area (Å²) in [6, 6.07) is 18.5. The van der Waals surface area contributed by atoms with Gasteiger partial charge >= 0.3 is 0 Å². The highest BCUT2D eigenvalue weighted by atomic mass is 32.2. The Labute approximate surface area is 147 Å². The zero-order chi connectivity index (χ0) is 17.7. The molecule has 0 unspecified atom stereocenters. The summed E-state index contributed by atoms with van der Waals surface area (Å²) in [5, 5.41) is 1.17. The molecule has 5 heteroatoms. The van der Waals surface area contributed by atoms with Gasteiger partial charge in [-0.15, -0.1) is 0 Å². The summed E-state index contributed by atoms with van der Waals surface area (Å²) in [7, 11) is -3.56. The summed E-state index contributed by atoms with van der Waals surface area (Å²) in [5.41, 5.74) is 4.49. The molecule has 1 N–H and O–H groups in total. The lowest BCUT2D eigenvalue weighted by Gasteiger charge is -2.08. The van der Waals surface area contributed by atoms with Gasteiger partial charge in [-0.3, -0.25) is 9.71 Å². The van der Waals surface area contributed by atoms with Crippen LogP contribution in [-0.4, -0.2) is 13.4 Å². The Morgan fingerprint density at radius 2 is 1.68 bits per heavy atom. The molecule has 0 aliphatic carbocycles. The number of pyridine rings is 1. The van der Waals surface area contributed by atoms with Crippen LogP contribution < -0.4 is 4.72 Å². The molecular formula is C20H18N2O2S. The number of nitrogens with zero attached hydrogens (tertiary/aromatic N) is 1. The zero-order valence-electron chi connectivity index (χ0n) is 13.8. The van der Waals surface area contributed by atoms with Crippen molar-refractivity contribution in [3.05, 3.63) is 89.6 Å². The van der Waals surface area contributed by atoms with E-state index < -0.39 is 10.0 Å². The first kappa shape index (κ1) is 16.9. The SMILES string of the molecule is Cc1ccncc1-c1ccc(NS(=O)(=O)/C=C/c2ccccc2)cc1. The van der Waals surface area contributed by atoms with Crippen LogP contribution >= 0.6 is 0 Å². The van der Waals surface area contributed by atoms with Crippen molar-refractivity contribution in [3.63, 3.8) is 0 Å². The van der Waals surface area contributed by atoms with Crippen molar-refractivity contribution in [3.8, 4) is 11.1 Å². The van der Waals surface area contributed by atoms with Crippen LogP contribution in [-0.2, 0) is 10.0 Å². The van der Waals surface area contributed by atoms with Gasteiger partial charge in [-0.1, -0.05) is 42.5 Å². The standard InChI is InChI=1S/C20H18N2O2S/c1-16-11-13-21-15-20(16)18-7-9-19(10-8-18)22-25(23,24)14-12-17-5-3-2-4-6-17/h2-15,22H,1H3/b14-12+. The summed E-state index contributed by atoms with van der Waals surface area (Å²) in [5.74, 6) is 0. The first-order valence-corrected chi connectivity index (χ1v) is 9.35. The Hall–Kier alpha value is -2.92. The van der Waals surface area contributed by atoms with Crippen molar-refractivity contribution in [1.82, 2.24) is 4.98 Å². The highest BCUT2D eigenvalue weighted by Gasteiger charge is 2.07. The Morgan fingerprint density at radius 1 is 0.960 bits per heavy atom. The molecule has 0 aliphatic rings. The number of aromatic nitrogens is 1. The van der Waals surface area contributed by atoms with Gasteiger partial charge in [0.15, 0.2) is 0 Å². The van der Waals surface area contributed by atoms with Gasteiger partial charge in [0.25, 0.3) is 10.0 Å². The minimum absolute atomic E-state index is 0.517. The molecule has 0 aliphatic heterocycles. The molecule has 1 aromatic heterocycles. The minimum Gasteiger partial charge on any atom is -0.280 e. The van der Waals surface area contributed by atoms with E-state index in [1.165, 1.54) is 5.41 Å². The highest BCUT2D eigenvalue weighted by molar-refractivity contribution is 7.95. The maximum Gasteiger partial charge on any atom is 0.255 e. The van der Waals surface area contributed by atoms with Crippen molar-refractivity contribution in [2.24, 2.45) is 0 Å². The van der Waals surface area contributed by atoms with Crippen molar-refractivity contribution in [1.29, 1.82) is 0 Å². The number of anilines is 1. The molecule has 0 saturated heterocycles. The second-order valence-corrected chi connectivity index (χ2v) is 7.19. The molecule has 1 heterocycles. The second kappa shape index (κ2) is 7.32. The molecule has 4 nitrogen and oxygen atoms in total. The Morgan fingerprint density at radius 3 is 2.36 bits per heavy atom. The van der Waals surface area contributed by atoms with Crippen LogP contribution in [0, 0.1) is 6.92 Å². The van der Waals surface area contributed by atoms with E-state index in [1.54, 1.807) is 30.6 Å². The van der Waals surface area contributed by atoms with Gasteiger partial charge in [-0.2, -0.15) is 0 Å². The first-order valence-electron chi connectivity index (χ1n) is 7.80. The van der Waals surface area contributed by atoms with Crippen LogP contribution in [0.5, 0.6) is 0 Å². The third kappa shape index (κ3) is 4.55. The van der Waals surface area contributed by atoms with E-state index in [4.69, 9.17) is 0 Å². The summed E-state index contributed by atoms with van der Waals surface area (Å²) >= 11 is 0. The molecule has 2 aromatic carbocycles. The van der Waals surface area contributed by atoms with E-state index in [0.717, 1.165) is 22.3 Å². The van der Waals surface area contributed by atoms with Crippen LogP contribution in [0.25, 0.3) is 17.2 Å². The first-order chi connectivity index (χ1) is 12.0. The van der Waals surface area contributed by atoms with Gasteiger partial charge in [0, 0.05) is 23.6 Å². The largest absolute Gasteiger partial charge is 0.280 e. The molecule has 3 rings (SSSR count). The maximum atomic E-state index is 12.2. The van der Waals surface area contributed by atoms with Gasteiger partial charge in [0.05, 0.1) is 5.41 Å². The van der Waals surface area contributed by atoms with E-state index in [0.29, 0.717) is 5.69 Å². The summed E-state index contributed by atoms with van der Waals surface area (Å²) < 4.78 is 26.9. The molecular weight excluding hydrogens is 332 g/mol. The van der Waals surface area contributed by atoms with Gasteiger partial charge in [-0.05, 0) is 47.9 Å². The highest BCUT2D eigenvalue weighted by Crippen LogP contribution is 2.24. The average Bonchev–Trinajstić information content (AvgIpc) is 2.62. The third-order valence-electron chi connectivity index (χ3n) is 3.73. The lowest BCUT2D eigenvalue weighted by atomic mass is 10.0. The number of nitrogens with one attached hydrogen (secondary N) is 1. The second-order valence-electron chi connectivity index (χ2n) is 5.63. The van der Waals surface area contributed by atoms with Crippen LogP contribution in [0.15, 0.2) is 78.5 Å². The van der Waals surface area contributed by atoms with E-state index in [2.05, 4.69) is 9.71 Å². The number of benzene rings is 2. The number of aryl methyl sites for hydroxylation is 1. The minimum atomic E-state index is -3.56. The number of sulfonamides is 1. The molecule has 0 atom stereocenters. The van der Waals surface area contributed by atoms with Crippen molar-refractivity contribution >= 4 is 21.8 Å². The molecule has 0 saturated carbocycles. The fraction of sp³-hybridized carbons (Fsp3) is 0.0500. The van der Waals surface area contributed by atoms with Crippen LogP contribution in [0.3, 0.4) is 0 Å². The molecule has 0 bridgehead atoms. The quantitative estimate of drug-likeness (QED) is 0.738. The predicted octanol–water partition coefficient (Wildman–Crippen LogP) is 4.47. The molecule has 25 heavy (non-hydrogen) atoms. The lowest BCUT2D eigenvalue weighted by Crippen LogP contribution is -2.08. The van der Waals surface area contributed by atoms with Gasteiger partial charge in [0.2, 0.25) is 0 Å². The van der Waals surface area contributed by atoms with E-state index in [-0.39, 0.29) is 0 Å². The molecule has 0 radical (unpaired) electrons. The number of hydrogen-bond donors (Lipinski definition) is 1. The fourth-order valence-corrected chi connectivity index (χ4v) is 3.28. The van der Waals surface area contributed by atoms with E-state index >= 15 is 0 Å². The number of hydrogen-bond acceptors (Lipinski definition) is 3. The van der Waals surface area contributed by atoms with Crippen LogP contribution in [0.2, 0.25) is 0 Å². The van der Waals surface area contributed by atoms with E-state index in [1.807, 2.05) is 55.5 Å². The fourth-order valence-electron chi connectivity index (χ4n) is 2.41. The normalized spacial score (nSPS) is 11.6. The Balaban J connectivity index is 1.75. The lowest BCUT2D eigenvalue weighted by molar-refractivity contribution is 0.609. The van der Waals surface area contributed by atoms with Crippen molar-refractivity contribution in [2.75, 3.05) is 4.72 Å².